The number of phosphoric acid groups is 1. The number of nitrogens with zero attached hydrogens (tertiary/aromatic N) is 1. The van der Waals surface area contributed by atoms with Gasteiger partial charge in [0.1, 0.15) is 19.8 Å². The van der Waals surface area contributed by atoms with Crippen molar-refractivity contribution < 1.29 is 42.1 Å². The van der Waals surface area contributed by atoms with Crippen molar-refractivity contribution in [2.75, 3.05) is 47.5 Å². The van der Waals surface area contributed by atoms with Crippen molar-refractivity contribution in [3.63, 3.8) is 0 Å². The van der Waals surface area contributed by atoms with Gasteiger partial charge in [-0.2, -0.15) is 0 Å². The summed E-state index contributed by atoms with van der Waals surface area (Å²) in [6.07, 6.45) is 53.8. The molecule has 10 heteroatoms. The normalized spacial score (nSPS) is 13.5. The number of ether oxygens (including phenoxy) is 2. The molecule has 0 aromatic carbocycles. The van der Waals surface area contributed by atoms with E-state index >= 15 is 0 Å². The number of rotatable bonds is 50. The molecule has 2 atom stereocenters. The second-order valence-corrected chi connectivity index (χ2v) is 21.1. The summed E-state index contributed by atoms with van der Waals surface area (Å²) in [5.41, 5.74) is 0. The van der Waals surface area contributed by atoms with Gasteiger partial charge in [-0.15, -0.1) is 0 Å². The van der Waals surface area contributed by atoms with E-state index in [2.05, 4.69) is 38.2 Å². The molecule has 0 heterocycles. The molecule has 0 bridgehead atoms. The molecular weight excluding hydrogens is 822 g/mol. The fraction of sp³-hybridized carbons (Fsp3) is 0.889. The first-order chi connectivity index (χ1) is 31.0. The third-order valence-electron chi connectivity index (χ3n) is 12.0. The largest absolute Gasteiger partial charge is 0.472 e. The highest BCUT2D eigenvalue weighted by molar-refractivity contribution is 7.47. The molecule has 0 aliphatic rings. The van der Waals surface area contributed by atoms with Crippen LogP contribution in [-0.4, -0.2) is 74.9 Å². The number of phosphoric ester groups is 1. The molecule has 9 nitrogen and oxygen atoms in total. The zero-order chi connectivity index (χ0) is 47.1. The molecule has 0 saturated heterocycles. The van der Waals surface area contributed by atoms with Crippen LogP contribution in [0.1, 0.15) is 258 Å². The van der Waals surface area contributed by atoms with E-state index in [9.17, 15) is 19.0 Å². The topological polar surface area (TPSA) is 108 Å². The van der Waals surface area contributed by atoms with E-state index in [1.54, 1.807) is 0 Å². The Bertz CT molecular complexity index is 1140. The summed E-state index contributed by atoms with van der Waals surface area (Å²) < 4.78 is 34.5. The lowest BCUT2D eigenvalue weighted by molar-refractivity contribution is -0.870. The van der Waals surface area contributed by atoms with E-state index in [0.717, 1.165) is 70.6 Å². The quantitative estimate of drug-likeness (QED) is 0.0211. The predicted octanol–water partition coefficient (Wildman–Crippen LogP) is 16.3. The number of carbonyl (C=O) groups is 2. The van der Waals surface area contributed by atoms with Crippen LogP contribution in [0.5, 0.6) is 0 Å². The number of quaternary nitrogens is 1. The zero-order valence-electron chi connectivity index (χ0n) is 42.8. The molecule has 64 heavy (non-hydrogen) atoms. The van der Waals surface area contributed by atoms with Crippen molar-refractivity contribution in [1.82, 2.24) is 0 Å². The lowest BCUT2D eigenvalue weighted by Gasteiger charge is -2.24. The Hall–Kier alpha value is -1.51. The monoisotopic (exact) mass is 927 g/mol. The minimum atomic E-state index is -4.38. The van der Waals surface area contributed by atoms with Crippen LogP contribution in [0.25, 0.3) is 0 Å². The highest BCUT2D eigenvalue weighted by atomic mass is 31.2. The van der Waals surface area contributed by atoms with Gasteiger partial charge >= 0.3 is 19.8 Å². The number of carbonyl (C=O) groups excluding carboxylic acids is 2. The van der Waals surface area contributed by atoms with Gasteiger partial charge in [0.25, 0.3) is 0 Å². The molecule has 0 saturated carbocycles. The first-order valence-electron chi connectivity index (χ1n) is 27.1. The zero-order valence-corrected chi connectivity index (χ0v) is 43.7. The molecule has 378 valence electrons. The minimum absolute atomic E-state index is 0.0304. The van der Waals surface area contributed by atoms with E-state index in [4.69, 9.17) is 18.5 Å². The summed E-state index contributed by atoms with van der Waals surface area (Å²) in [5.74, 6) is -0.806. The maximum Gasteiger partial charge on any atom is 0.472 e. The minimum Gasteiger partial charge on any atom is -0.462 e. The fourth-order valence-electron chi connectivity index (χ4n) is 7.71. The van der Waals surface area contributed by atoms with Crippen LogP contribution in [0.15, 0.2) is 24.3 Å². The van der Waals surface area contributed by atoms with Crippen LogP contribution >= 0.6 is 7.82 Å². The first-order valence-corrected chi connectivity index (χ1v) is 28.6. The number of unbranched alkanes of at least 4 members (excludes halogenated alkanes) is 32. The van der Waals surface area contributed by atoms with Crippen molar-refractivity contribution in [2.45, 2.75) is 264 Å². The summed E-state index contributed by atoms with van der Waals surface area (Å²) in [6, 6.07) is 0. The predicted molar refractivity (Wildman–Crippen MR) is 271 cm³/mol. The number of likely N-dealkylation sites (N-methyl/N-ethyl adjacent to an activating group) is 1. The summed E-state index contributed by atoms with van der Waals surface area (Å²) >= 11 is 0. The van der Waals surface area contributed by atoms with E-state index in [-0.39, 0.29) is 32.0 Å². The van der Waals surface area contributed by atoms with E-state index in [1.165, 1.54) is 154 Å². The molecule has 2 unspecified atom stereocenters. The van der Waals surface area contributed by atoms with Gasteiger partial charge in [0.15, 0.2) is 6.10 Å². The lowest BCUT2D eigenvalue weighted by atomic mass is 10.0. The van der Waals surface area contributed by atoms with Gasteiger partial charge in [0.2, 0.25) is 0 Å². The van der Waals surface area contributed by atoms with Gasteiger partial charge in [-0.3, -0.25) is 18.6 Å². The highest BCUT2D eigenvalue weighted by Crippen LogP contribution is 2.43. The van der Waals surface area contributed by atoms with Crippen molar-refractivity contribution in [3.05, 3.63) is 24.3 Å². The van der Waals surface area contributed by atoms with Crippen molar-refractivity contribution in [3.8, 4) is 0 Å². The molecule has 0 amide bonds. The molecule has 0 aromatic heterocycles. The summed E-state index contributed by atoms with van der Waals surface area (Å²) in [4.78, 5) is 35.6. The average Bonchev–Trinajstić information content (AvgIpc) is 3.25. The maximum absolute atomic E-state index is 12.8. The Kier molecular flexibility index (Phi) is 45.5. The number of esters is 2. The second-order valence-electron chi connectivity index (χ2n) is 19.6. The summed E-state index contributed by atoms with van der Waals surface area (Å²) in [7, 11) is 1.48. The van der Waals surface area contributed by atoms with Gasteiger partial charge < -0.3 is 18.9 Å². The van der Waals surface area contributed by atoms with Crippen LogP contribution < -0.4 is 0 Å². The van der Waals surface area contributed by atoms with E-state index in [1.807, 2.05) is 21.1 Å². The molecule has 0 fully saturated rings. The van der Waals surface area contributed by atoms with Gasteiger partial charge in [-0.1, -0.05) is 205 Å². The number of hydrogen-bond donors (Lipinski definition) is 1. The average molecular weight is 927 g/mol. The fourth-order valence-corrected chi connectivity index (χ4v) is 8.45. The van der Waals surface area contributed by atoms with E-state index < -0.39 is 26.5 Å². The van der Waals surface area contributed by atoms with Crippen LogP contribution in [0.2, 0.25) is 0 Å². The third kappa shape index (κ3) is 49.9. The molecule has 1 N–H and O–H groups in total. The summed E-state index contributed by atoms with van der Waals surface area (Å²) in [5, 5.41) is 0. The Morgan fingerprint density at radius 1 is 0.469 bits per heavy atom. The SMILES string of the molecule is CCCCCCCCCCCCC/C=C\CCCCCCCC(=O)OCC(COP(=O)(O)OCC[N+](C)(C)C)OC(=O)CCCCCCC/C=C\CCCCCCCCCCCCC. The van der Waals surface area contributed by atoms with Gasteiger partial charge in [0, 0.05) is 12.8 Å². The first kappa shape index (κ1) is 62.5. The Balaban J connectivity index is 4.23. The Labute approximate surface area is 396 Å². The molecular formula is C54H105NO8P+. The number of allylic oxidation sites excluding steroid dienone is 4. The second kappa shape index (κ2) is 46.6. The molecule has 0 rings (SSSR count). The molecule has 0 aliphatic carbocycles. The van der Waals surface area contributed by atoms with Crippen molar-refractivity contribution in [1.29, 1.82) is 0 Å². The van der Waals surface area contributed by atoms with Crippen LogP contribution in [0.4, 0.5) is 0 Å². The van der Waals surface area contributed by atoms with Crippen molar-refractivity contribution in [2.24, 2.45) is 0 Å². The van der Waals surface area contributed by atoms with Gasteiger partial charge in [-0.05, 0) is 64.2 Å². The van der Waals surface area contributed by atoms with Gasteiger partial charge in [0.05, 0.1) is 27.7 Å². The van der Waals surface area contributed by atoms with Crippen LogP contribution in [0, 0.1) is 0 Å². The van der Waals surface area contributed by atoms with Crippen LogP contribution in [0.3, 0.4) is 0 Å². The smallest absolute Gasteiger partial charge is 0.462 e. The van der Waals surface area contributed by atoms with Crippen LogP contribution in [-0.2, 0) is 32.7 Å². The number of hydrogen-bond acceptors (Lipinski definition) is 7. The lowest BCUT2D eigenvalue weighted by Crippen LogP contribution is -2.37. The van der Waals surface area contributed by atoms with E-state index in [0.29, 0.717) is 17.4 Å². The third-order valence-corrected chi connectivity index (χ3v) is 12.9. The Morgan fingerprint density at radius 3 is 1.16 bits per heavy atom. The van der Waals surface area contributed by atoms with Crippen molar-refractivity contribution >= 4 is 19.8 Å². The standard InChI is InChI=1S/C54H104NO8P/c1-6-8-10-12-14-16-18-20-22-24-26-28-30-32-34-36-38-40-42-44-46-53(56)60-50-52(51-62-64(58,59)61-49-48-55(3,4)5)63-54(57)47-45-43-41-39-37-35-33-31-29-27-25-23-21-19-17-15-13-11-9-7-2/h30-33,52H,6-29,34-51H2,1-5H3/p+1/b32-30-,33-31-. The molecule has 0 aromatic rings. The summed E-state index contributed by atoms with van der Waals surface area (Å²) in [6.45, 7) is 4.45. The molecule has 0 radical (unpaired) electrons. The Morgan fingerprint density at radius 2 is 0.797 bits per heavy atom. The molecule has 0 aliphatic heterocycles. The van der Waals surface area contributed by atoms with Gasteiger partial charge in [-0.25, -0.2) is 4.57 Å². The molecule has 0 spiro atoms. The maximum atomic E-state index is 12.8. The highest BCUT2D eigenvalue weighted by Gasteiger charge is 2.27.